The van der Waals surface area contributed by atoms with E-state index < -0.39 is 0 Å². The summed E-state index contributed by atoms with van der Waals surface area (Å²) in [5.41, 5.74) is 8.12. The summed E-state index contributed by atoms with van der Waals surface area (Å²) in [4.78, 5) is 0. The van der Waals surface area contributed by atoms with Gasteiger partial charge in [0.2, 0.25) is 0 Å². The van der Waals surface area contributed by atoms with Gasteiger partial charge in [-0.1, -0.05) is 49.1 Å². The topological polar surface area (TPSA) is 26.0 Å². The van der Waals surface area contributed by atoms with Gasteiger partial charge in [-0.05, 0) is 17.5 Å². The van der Waals surface area contributed by atoms with Crippen LogP contribution in [0.25, 0.3) is 0 Å². The van der Waals surface area contributed by atoms with Gasteiger partial charge in [0.15, 0.2) is 0 Å². The summed E-state index contributed by atoms with van der Waals surface area (Å²) >= 11 is 0. The first-order valence-corrected chi connectivity index (χ1v) is 4.43. The van der Waals surface area contributed by atoms with E-state index in [0.29, 0.717) is 6.54 Å². The Morgan fingerprint density at radius 1 is 1.23 bits per heavy atom. The number of hydrogen-bond acceptors (Lipinski definition) is 1. The van der Waals surface area contributed by atoms with Crippen molar-refractivity contribution in [2.75, 3.05) is 0 Å². The molecular weight excluding hydrogens is 158 g/mol. The molecule has 0 radical (unpaired) electrons. The van der Waals surface area contributed by atoms with Crippen LogP contribution in [0.3, 0.4) is 0 Å². The maximum Gasteiger partial charge on any atom is 0.0180 e. The van der Waals surface area contributed by atoms with Crippen LogP contribution >= 0.6 is 0 Å². The van der Waals surface area contributed by atoms with E-state index in [4.69, 9.17) is 5.73 Å². The highest BCUT2D eigenvalue weighted by Gasteiger charge is 1.95. The molecule has 0 fully saturated rings. The van der Waals surface area contributed by atoms with Crippen molar-refractivity contribution < 1.29 is 0 Å². The van der Waals surface area contributed by atoms with Gasteiger partial charge in [0.1, 0.15) is 0 Å². The minimum absolute atomic E-state index is 0.609. The van der Waals surface area contributed by atoms with E-state index in [1.807, 2.05) is 18.2 Å². The summed E-state index contributed by atoms with van der Waals surface area (Å²) < 4.78 is 0. The van der Waals surface area contributed by atoms with Crippen molar-refractivity contribution in [1.29, 1.82) is 0 Å². The molecule has 0 aliphatic carbocycles. The van der Waals surface area contributed by atoms with Gasteiger partial charge in [0.25, 0.3) is 0 Å². The fourth-order valence-electron chi connectivity index (χ4n) is 1.25. The molecule has 13 heavy (non-hydrogen) atoms. The van der Waals surface area contributed by atoms with Crippen LogP contribution in [-0.2, 0) is 13.0 Å². The number of rotatable bonds is 4. The van der Waals surface area contributed by atoms with E-state index >= 15 is 0 Å². The lowest BCUT2D eigenvalue weighted by Crippen LogP contribution is -2.00. The molecule has 0 unspecified atom stereocenters. The Kier molecular flexibility index (Phi) is 4.00. The Morgan fingerprint density at radius 3 is 2.54 bits per heavy atom. The van der Waals surface area contributed by atoms with E-state index in [1.165, 1.54) is 11.1 Å². The second kappa shape index (κ2) is 5.33. The molecule has 0 saturated heterocycles. The molecule has 1 rings (SSSR count). The van der Waals surface area contributed by atoms with Crippen molar-refractivity contribution in [2.24, 2.45) is 5.73 Å². The van der Waals surface area contributed by atoms with Crippen molar-refractivity contribution in [2.45, 2.75) is 13.0 Å². The SMILES string of the molecule is C=CC=CCc1ccccc1CN. The molecule has 68 valence electrons. The standard InChI is InChI=1S/C12H15N/c1-2-3-4-7-11-8-5-6-9-12(11)10-13/h2-6,8-9H,1,7,10,13H2. The third-order valence-corrected chi connectivity index (χ3v) is 1.95. The van der Waals surface area contributed by atoms with Crippen LogP contribution in [0.4, 0.5) is 0 Å². The van der Waals surface area contributed by atoms with Gasteiger partial charge in [-0.2, -0.15) is 0 Å². The number of allylic oxidation sites excluding steroid dienone is 3. The molecule has 0 aromatic heterocycles. The van der Waals surface area contributed by atoms with Gasteiger partial charge in [-0.3, -0.25) is 0 Å². The largest absolute Gasteiger partial charge is 0.326 e. The van der Waals surface area contributed by atoms with E-state index in [0.717, 1.165) is 6.42 Å². The fraction of sp³-hybridized carbons (Fsp3) is 0.167. The van der Waals surface area contributed by atoms with Crippen LogP contribution in [0.1, 0.15) is 11.1 Å². The molecular formula is C12H15N. The molecule has 2 N–H and O–H groups in total. The zero-order chi connectivity index (χ0) is 9.52. The third-order valence-electron chi connectivity index (χ3n) is 1.95. The molecule has 1 heteroatoms. The molecule has 0 atom stereocenters. The van der Waals surface area contributed by atoms with Crippen molar-refractivity contribution in [1.82, 2.24) is 0 Å². The predicted molar refractivity (Wildman–Crippen MR) is 57.4 cm³/mol. The molecule has 1 aromatic carbocycles. The Balaban J connectivity index is 2.74. The monoisotopic (exact) mass is 173 g/mol. The zero-order valence-corrected chi connectivity index (χ0v) is 7.74. The van der Waals surface area contributed by atoms with E-state index in [1.54, 1.807) is 6.08 Å². The fourth-order valence-corrected chi connectivity index (χ4v) is 1.25. The number of hydrogen-bond donors (Lipinski definition) is 1. The van der Waals surface area contributed by atoms with Crippen molar-refractivity contribution in [3.05, 3.63) is 60.2 Å². The van der Waals surface area contributed by atoms with Crippen LogP contribution in [0.5, 0.6) is 0 Å². The Hall–Kier alpha value is -1.34. The van der Waals surface area contributed by atoms with Gasteiger partial charge in [0, 0.05) is 6.54 Å². The Labute approximate surface area is 79.6 Å². The second-order valence-corrected chi connectivity index (χ2v) is 2.84. The molecule has 1 nitrogen and oxygen atoms in total. The average Bonchev–Trinajstić information content (AvgIpc) is 2.19. The highest BCUT2D eigenvalue weighted by atomic mass is 14.5. The average molecular weight is 173 g/mol. The summed E-state index contributed by atoms with van der Waals surface area (Å²) in [6.45, 7) is 4.23. The van der Waals surface area contributed by atoms with Crippen molar-refractivity contribution in [3.8, 4) is 0 Å². The smallest absolute Gasteiger partial charge is 0.0180 e. The predicted octanol–water partition coefficient (Wildman–Crippen LogP) is 2.43. The van der Waals surface area contributed by atoms with Gasteiger partial charge < -0.3 is 5.73 Å². The number of nitrogens with two attached hydrogens (primary N) is 1. The summed E-state index contributed by atoms with van der Waals surface area (Å²) in [7, 11) is 0. The lowest BCUT2D eigenvalue weighted by molar-refractivity contribution is 1.03. The molecule has 0 spiro atoms. The Morgan fingerprint density at radius 2 is 1.92 bits per heavy atom. The van der Waals surface area contributed by atoms with Gasteiger partial charge >= 0.3 is 0 Å². The summed E-state index contributed by atoms with van der Waals surface area (Å²) in [5.74, 6) is 0. The first-order chi connectivity index (χ1) is 6.38. The van der Waals surface area contributed by atoms with E-state index in [2.05, 4.69) is 24.8 Å². The van der Waals surface area contributed by atoms with Crippen LogP contribution in [-0.4, -0.2) is 0 Å². The molecule has 0 saturated carbocycles. The number of benzene rings is 1. The third kappa shape index (κ3) is 2.88. The molecule has 0 aliphatic heterocycles. The maximum absolute atomic E-state index is 5.61. The van der Waals surface area contributed by atoms with Crippen LogP contribution < -0.4 is 5.73 Å². The van der Waals surface area contributed by atoms with Crippen LogP contribution in [0, 0.1) is 0 Å². The minimum atomic E-state index is 0.609. The minimum Gasteiger partial charge on any atom is -0.326 e. The molecule has 0 amide bonds. The first kappa shape index (κ1) is 9.75. The van der Waals surface area contributed by atoms with Gasteiger partial charge in [-0.25, -0.2) is 0 Å². The van der Waals surface area contributed by atoms with Crippen molar-refractivity contribution in [3.63, 3.8) is 0 Å². The summed E-state index contributed by atoms with van der Waals surface area (Å²) in [6.07, 6.45) is 6.75. The van der Waals surface area contributed by atoms with Crippen molar-refractivity contribution >= 4 is 0 Å². The summed E-state index contributed by atoms with van der Waals surface area (Å²) in [6, 6.07) is 8.23. The summed E-state index contributed by atoms with van der Waals surface area (Å²) in [5, 5.41) is 0. The zero-order valence-electron chi connectivity index (χ0n) is 7.74. The second-order valence-electron chi connectivity index (χ2n) is 2.84. The van der Waals surface area contributed by atoms with Gasteiger partial charge in [-0.15, -0.1) is 0 Å². The van der Waals surface area contributed by atoms with Crippen LogP contribution in [0.15, 0.2) is 49.1 Å². The van der Waals surface area contributed by atoms with Crippen LogP contribution in [0.2, 0.25) is 0 Å². The molecule has 1 aromatic rings. The molecule has 0 bridgehead atoms. The van der Waals surface area contributed by atoms with E-state index in [9.17, 15) is 0 Å². The lowest BCUT2D eigenvalue weighted by Gasteiger charge is -2.03. The van der Waals surface area contributed by atoms with E-state index in [-0.39, 0.29) is 0 Å². The highest BCUT2D eigenvalue weighted by Crippen LogP contribution is 2.08. The maximum atomic E-state index is 5.61. The first-order valence-electron chi connectivity index (χ1n) is 4.43. The lowest BCUT2D eigenvalue weighted by atomic mass is 10.0. The van der Waals surface area contributed by atoms with Gasteiger partial charge in [0.05, 0.1) is 0 Å². The quantitative estimate of drug-likeness (QED) is 0.695. The molecule has 0 aliphatic rings. The molecule has 0 heterocycles. The Bertz CT molecular complexity index is 300. The highest BCUT2D eigenvalue weighted by molar-refractivity contribution is 5.28. The normalized spacial score (nSPS) is 10.5.